The average molecular weight is 277 g/mol. The number of aromatic nitrogens is 2. The molecule has 0 aliphatic heterocycles. The number of hydrogen-bond acceptors (Lipinski definition) is 5. The van der Waals surface area contributed by atoms with Crippen LogP contribution in [0.15, 0.2) is 29.6 Å². The Labute approximate surface area is 115 Å². The minimum Gasteiger partial charge on any atom is -0.480 e. The van der Waals surface area contributed by atoms with Gasteiger partial charge in [-0.25, -0.2) is 9.97 Å². The number of nitrogens with two attached hydrogens (primary N) is 1. The van der Waals surface area contributed by atoms with Gasteiger partial charge in [0.15, 0.2) is 0 Å². The van der Waals surface area contributed by atoms with E-state index in [4.69, 9.17) is 10.8 Å². The molecule has 1 atom stereocenters. The van der Waals surface area contributed by atoms with Gasteiger partial charge in [-0.2, -0.15) is 0 Å². The third-order valence-corrected chi connectivity index (χ3v) is 3.91. The van der Waals surface area contributed by atoms with E-state index in [0.717, 1.165) is 22.3 Å². The van der Waals surface area contributed by atoms with Crippen molar-refractivity contribution in [2.24, 2.45) is 5.73 Å². The van der Waals surface area contributed by atoms with Crippen molar-refractivity contribution in [1.29, 1.82) is 0 Å². The Morgan fingerprint density at radius 2 is 2.26 bits per heavy atom. The summed E-state index contributed by atoms with van der Waals surface area (Å²) in [6.07, 6.45) is 2.42. The summed E-state index contributed by atoms with van der Waals surface area (Å²) in [6.45, 7) is 2.08. The fraction of sp³-hybridized carbons (Fsp3) is 0.308. The molecule has 0 fully saturated rings. The first kappa shape index (κ1) is 13.8. The molecule has 0 saturated carbocycles. The van der Waals surface area contributed by atoms with Crippen LogP contribution >= 0.6 is 11.8 Å². The number of aliphatic carboxylic acids is 1. The van der Waals surface area contributed by atoms with Crippen LogP contribution in [0.2, 0.25) is 0 Å². The summed E-state index contributed by atoms with van der Waals surface area (Å²) < 4.78 is 0. The normalized spacial score (nSPS) is 12.5. The van der Waals surface area contributed by atoms with Crippen molar-refractivity contribution in [3.8, 4) is 0 Å². The van der Waals surface area contributed by atoms with E-state index in [1.165, 1.54) is 23.7 Å². The first-order valence-corrected chi connectivity index (χ1v) is 6.95. The molecule has 100 valence electrons. The summed E-state index contributed by atoms with van der Waals surface area (Å²) in [4.78, 5) is 19.1. The number of fused-ring (bicyclic) bond motifs is 1. The van der Waals surface area contributed by atoms with Crippen molar-refractivity contribution < 1.29 is 9.90 Å². The smallest absolute Gasteiger partial charge is 0.321 e. The molecule has 3 N–H and O–H groups in total. The Bertz CT molecular complexity index is 603. The largest absolute Gasteiger partial charge is 0.480 e. The van der Waals surface area contributed by atoms with E-state index in [1.807, 2.05) is 18.2 Å². The highest BCUT2D eigenvalue weighted by Gasteiger charge is 2.13. The van der Waals surface area contributed by atoms with Crippen molar-refractivity contribution in [3.05, 3.63) is 30.1 Å². The van der Waals surface area contributed by atoms with Crippen molar-refractivity contribution >= 4 is 28.6 Å². The molecule has 1 heterocycles. The quantitative estimate of drug-likeness (QED) is 0.638. The molecule has 0 radical (unpaired) electrons. The molecule has 0 aliphatic rings. The zero-order chi connectivity index (χ0) is 13.8. The van der Waals surface area contributed by atoms with E-state index in [-0.39, 0.29) is 5.75 Å². The molecule has 0 amide bonds. The molecular weight excluding hydrogens is 262 g/mol. The Balaban J connectivity index is 2.29. The van der Waals surface area contributed by atoms with E-state index in [0.29, 0.717) is 0 Å². The molecule has 0 bridgehead atoms. The Kier molecular flexibility index (Phi) is 4.34. The fourth-order valence-electron chi connectivity index (χ4n) is 1.66. The van der Waals surface area contributed by atoms with Gasteiger partial charge in [-0.15, -0.1) is 11.8 Å². The maximum Gasteiger partial charge on any atom is 0.321 e. The topological polar surface area (TPSA) is 89.1 Å². The van der Waals surface area contributed by atoms with Gasteiger partial charge in [0.05, 0.1) is 5.52 Å². The number of nitrogens with zero attached hydrogens (tertiary/aromatic N) is 2. The molecule has 5 nitrogen and oxygen atoms in total. The average Bonchev–Trinajstić information content (AvgIpc) is 2.43. The van der Waals surface area contributed by atoms with Gasteiger partial charge in [-0.1, -0.05) is 13.0 Å². The number of rotatable bonds is 5. The molecule has 2 rings (SSSR count). The van der Waals surface area contributed by atoms with E-state index in [9.17, 15) is 4.79 Å². The van der Waals surface area contributed by atoms with Crippen LogP contribution in [0.25, 0.3) is 10.9 Å². The first-order chi connectivity index (χ1) is 9.11. The summed E-state index contributed by atoms with van der Waals surface area (Å²) in [5.74, 6) is -0.710. The van der Waals surface area contributed by atoms with Gasteiger partial charge < -0.3 is 10.8 Å². The Morgan fingerprint density at radius 3 is 2.95 bits per heavy atom. The number of carboxylic acids is 1. The molecule has 0 aliphatic carbocycles. The highest BCUT2D eigenvalue weighted by molar-refractivity contribution is 7.99. The summed E-state index contributed by atoms with van der Waals surface area (Å²) in [6, 6.07) is 5.15. The number of carbonyl (C=O) groups is 1. The number of benzene rings is 1. The van der Waals surface area contributed by atoms with Crippen LogP contribution in [0.5, 0.6) is 0 Å². The molecule has 1 aromatic carbocycles. The van der Waals surface area contributed by atoms with Crippen LogP contribution < -0.4 is 5.73 Å². The molecule has 6 heteroatoms. The lowest BCUT2D eigenvalue weighted by molar-refractivity contribution is -0.137. The van der Waals surface area contributed by atoms with Gasteiger partial charge in [0.25, 0.3) is 0 Å². The van der Waals surface area contributed by atoms with Gasteiger partial charge in [-0.3, -0.25) is 4.79 Å². The zero-order valence-electron chi connectivity index (χ0n) is 10.5. The predicted octanol–water partition coefficient (Wildman–Crippen LogP) is 1.70. The maximum atomic E-state index is 10.7. The van der Waals surface area contributed by atoms with E-state index >= 15 is 0 Å². The van der Waals surface area contributed by atoms with Crippen LogP contribution in [-0.2, 0) is 11.2 Å². The number of aryl methyl sites for hydroxylation is 1. The van der Waals surface area contributed by atoms with Crippen LogP contribution in [0.1, 0.15) is 12.5 Å². The highest BCUT2D eigenvalue weighted by Crippen LogP contribution is 2.25. The summed E-state index contributed by atoms with van der Waals surface area (Å²) >= 11 is 1.35. The number of hydrogen-bond donors (Lipinski definition) is 2. The standard InChI is InChI=1S/C13H15N3O2S/c1-2-8-3-4-11-9(5-8)12(16-7-15-11)19-6-10(14)13(17)18/h3-5,7,10H,2,6,14H2,1H3,(H,17,18). The predicted molar refractivity (Wildman–Crippen MR) is 75.3 cm³/mol. The fourth-order valence-corrected chi connectivity index (χ4v) is 2.58. The van der Waals surface area contributed by atoms with Crippen molar-refractivity contribution in [3.63, 3.8) is 0 Å². The number of carboxylic acid groups (broad SMARTS) is 1. The van der Waals surface area contributed by atoms with E-state index < -0.39 is 12.0 Å². The SMILES string of the molecule is CCc1ccc2ncnc(SCC(N)C(=O)O)c2c1. The van der Waals surface area contributed by atoms with Gasteiger partial charge >= 0.3 is 5.97 Å². The van der Waals surface area contributed by atoms with Crippen molar-refractivity contribution in [1.82, 2.24) is 9.97 Å². The number of thioether (sulfide) groups is 1. The van der Waals surface area contributed by atoms with Crippen LogP contribution in [-0.4, -0.2) is 32.8 Å². The van der Waals surface area contributed by atoms with Gasteiger partial charge in [0.2, 0.25) is 0 Å². The second kappa shape index (κ2) is 5.99. The van der Waals surface area contributed by atoms with Gasteiger partial charge in [0.1, 0.15) is 17.4 Å². The maximum absolute atomic E-state index is 10.7. The highest BCUT2D eigenvalue weighted by atomic mass is 32.2. The summed E-state index contributed by atoms with van der Waals surface area (Å²) in [5.41, 5.74) is 7.56. The van der Waals surface area contributed by atoms with E-state index in [1.54, 1.807) is 0 Å². The van der Waals surface area contributed by atoms with E-state index in [2.05, 4.69) is 16.9 Å². The third kappa shape index (κ3) is 3.21. The molecule has 2 aromatic rings. The first-order valence-electron chi connectivity index (χ1n) is 5.96. The summed E-state index contributed by atoms with van der Waals surface area (Å²) in [5, 5.41) is 10.5. The van der Waals surface area contributed by atoms with Gasteiger partial charge in [-0.05, 0) is 24.1 Å². The lowest BCUT2D eigenvalue weighted by Crippen LogP contribution is -2.32. The molecule has 0 saturated heterocycles. The van der Waals surface area contributed by atoms with Crippen LogP contribution in [0.4, 0.5) is 0 Å². The molecule has 0 spiro atoms. The molecular formula is C13H15N3O2S. The lowest BCUT2D eigenvalue weighted by atomic mass is 10.1. The second-order valence-electron chi connectivity index (χ2n) is 4.14. The van der Waals surface area contributed by atoms with Gasteiger partial charge in [0, 0.05) is 11.1 Å². The Morgan fingerprint density at radius 1 is 1.47 bits per heavy atom. The molecule has 1 aromatic heterocycles. The Hall–Kier alpha value is -1.66. The lowest BCUT2D eigenvalue weighted by Gasteiger charge is -2.08. The van der Waals surface area contributed by atoms with Crippen LogP contribution in [0.3, 0.4) is 0 Å². The minimum atomic E-state index is -1.000. The zero-order valence-corrected chi connectivity index (χ0v) is 11.4. The third-order valence-electron chi connectivity index (χ3n) is 2.79. The molecule has 19 heavy (non-hydrogen) atoms. The van der Waals surface area contributed by atoms with Crippen molar-refractivity contribution in [2.45, 2.75) is 24.4 Å². The van der Waals surface area contributed by atoms with Crippen molar-refractivity contribution in [2.75, 3.05) is 5.75 Å². The summed E-state index contributed by atoms with van der Waals surface area (Å²) in [7, 11) is 0. The monoisotopic (exact) mass is 277 g/mol. The minimum absolute atomic E-state index is 0.289. The molecule has 1 unspecified atom stereocenters. The second-order valence-corrected chi connectivity index (χ2v) is 5.15. The van der Waals surface area contributed by atoms with Crippen LogP contribution in [0, 0.1) is 0 Å².